The van der Waals surface area contributed by atoms with Gasteiger partial charge >= 0.3 is 0 Å². The topological polar surface area (TPSA) is 67.4 Å². The van der Waals surface area contributed by atoms with E-state index in [9.17, 15) is 14.0 Å². The number of hydrogen-bond donors (Lipinski definition) is 2. The summed E-state index contributed by atoms with van der Waals surface area (Å²) in [6.45, 7) is 1.92. The van der Waals surface area contributed by atoms with Crippen LogP contribution < -0.4 is 15.4 Å². The molecule has 0 fully saturated rings. The Kier molecular flexibility index (Phi) is 5.69. The first-order chi connectivity index (χ1) is 13.5. The molecule has 2 amide bonds. The fourth-order valence-electron chi connectivity index (χ4n) is 2.66. The van der Waals surface area contributed by atoms with Crippen LogP contribution >= 0.6 is 0 Å². The van der Waals surface area contributed by atoms with Crippen molar-refractivity contribution in [2.45, 2.75) is 6.92 Å². The van der Waals surface area contributed by atoms with Crippen LogP contribution in [0, 0.1) is 12.7 Å². The number of anilines is 2. The third kappa shape index (κ3) is 4.54. The number of carbonyl (C=O) groups excluding carboxylic acids is 2. The maximum Gasteiger partial charge on any atom is 0.255 e. The van der Waals surface area contributed by atoms with Gasteiger partial charge in [0.15, 0.2) is 0 Å². The largest absolute Gasteiger partial charge is 0.495 e. The number of ether oxygens (including phenoxy) is 1. The molecule has 0 aliphatic rings. The third-order valence-corrected chi connectivity index (χ3v) is 4.09. The first-order valence-corrected chi connectivity index (χ1v) is 8.59. The number of benzene rings is 3. The van der Waals surface area contributed by atoms with Crippen molar-refractivity contribution >= 4 is 23.2 Å². The molecule has 0 spiro atoms. The lowest BCUT2D eigenvalue weighted by atomic mass is 10.1. The molecule has 0 aliphatic heterocycles. The summed E-state index contributed by atoms with van der Waals surface area (Å²) in [5.74, 6) is -0.583. The molecule has 0 aromatic heterocycles. The summed E-state index contributed by atoms with van der Waals surface area (Å²) < 4.78 is 18.5. The minimum absolute atomic E-state index is 0.319. The van der Waals surface area contributed by atoms with E-state index in [2.05, 4.69) is 10.6 Å². The van der Waals surface area contributed by atoms with E-state index >= 15 is 0 Å². The highest BCUT2D eigenvalue weighted by atomic mass is 19.1. The third-order valence-electron chi connectivity index (χ3n) is 4.09. The molecular formula is C22H19FN2O3. The summed E-state index contributed by atoms with van der Waals surface area (Å²) in [7, 11) is 1.53. The predicted octanol–water partition coefficient (Wildman–Crippen LogP) is 4.65. The lowest BCUT2D eigenvalue weighted by molar-refractivity contribution is 0.101. The van der Waals surface area contributed by atoms with Gasteiger partial charge in [-0.15, -0.1) is 0 Å². The zero-order valence-electron chi connectivity index (χ0n) is 15.5. The molecule has 3 rings (SSSR count). The Morgan fingerprint density at radius 2 is 1.50 bits per heavy atom. The van der Waals surface area contributed by atoms with Crippen LogP contribution in [0.2, 0.25) is 0 Å². The first kappa shape index (κ1) is 19.1. The minimum Gasteiger partial charge on any atom is -0.495 e. The second kappa shape index (κ2) is 8.35. The molecule has 0 aliphatic carbocycles. The number of halogens is 1. The first-order valence-electron chi connectivity index (χ1n) is 8.59. The van der Waals surface area contributed by atoms with Gasteiger partial charge in [-0.25, -0.2) is 4.39 Å². The Balaban J connectivity index is 1.71. The molecule has 0 saturated heterocycles. The van der Waals surface area contributed by atoms with E-state index in [0.29, 0.717) is 28.3 Å². The molecule has 28 heavy (non-hydrogen) atoms. The number of methoxy groups -OCH3 is 1. The van der Waals surface area contributed by atoms with Crippen molar-refractivity contribution in [2.24, 2.45) is 0 Å². The average Bonchev–Trinajstić information content (AvgIpc) is 2.68. The van der Waals surface area contributed by atoms with Crippen molar-refractivity contribution in [1.29, 1.82) is 0 Å². The van der Waals surface area contributed by atoms with Crippen LogP contribution in [-0.2, 0) is 0 Å². The molecule has 0 heterocycles. The van der Waals surface area contributed by atoms with Crippen molar-refractivity contribution in [2.75, 3.05) is 17.7 Å². The van der Waals surface area contributed by atoms with E-state index in [1.807, 2.05) is 19.1 Å². The summed E-state index contributed by atoms with van der Waals surface area (Å²) in [6.07, 6.45) is 0. The molecule has 0 saturated carbocycles. The molecule has 3 aromatic rings. The van der Waals surface area contributed by atoms with Gasteiger partial charge in [0.05, 0.1) is 12.8 Å². The van der Waals surface area contributed by atoms with Crippen LogP contribution in [0.1, 0.15) is 26.3 Å². The summed E-state index contributed by atoms with van der Waals surface area (Å²) in [5, 5.41) is 5.42. The fourth-order valence-corrected chi connectivity index (χ4v) is 2.66. The maximum atomic E-state index is 13.2. The highest BCUT2D eigenvalue weighted by Crippen LogP contribution is 2.25. The van der Waals surface area contributed by atoms with Crippen LogP contribution in [-0.4, -0.2) is 18.9 Å². The molecule has 0 unspecified atom stereocenters. The molecule has 5 nitrogen and oxygen atoms in total. The van der Waals surface area contributed by atoms with Crippen molar-refractivity contribution < 1.29 is 18.7 Å². The minimum atomic E-state index is -0.434. The molecule has 0 atom stereocenters. The normalized spacial score (nSPS) is 10.2. The zero-order valence-corrected chi connectivity index (χ0v) is 15.5. The molecule has 2 N–H and O–H groups in total. The van der Waals surface area contributed by atoms with E-state index < -0.39 is 11.7 Å². The lowest BCUT2D eigenvalue weighted by Gasteiger charge is -2.11. The maximum absolute atomic E-state index is 13.2. The van der Waals surface area contributed by atoms with Gasteiger partial charge in [0.25, 0.3) is 11.8 Å². The monoisotopic (exact) mass is 378 g/mol. The van der Waals surface area contributed by atoms with Crippen molar-refractivity contribution in [3.8, 4) is 5.75 Å². The van der Waals surface area contributed by atoms with Gasteiger partial charge in [-0.2, -0.15) is 0 Å². The molecular weight excluding hydrogens is 359 g/mol. The Hall–Kier alpha value is -3.67. The number of rotatable bonds is 5. The van der Waals surface area contributed by atoms with Crippen molar-refractivity contribution in [1.82, 2.24) is 0 Å². The van der Waals surface area contributed by atoms with Crippen LogP contribution in [0.4, 0.5) is 15.8 Å². The van der Waals surface area contributed by atoms with Gasteiger partial charge in [-0.1, -0.05) is 12.1 Å². The summed E-state index contributed by atoms with van der Waals surface area (Å²) in [5.41, 5.74) is 2.67. The second-order valence-corrected chi connectivity index (χ2v) is 6.20. The molecule has 142 valence electrons. The van der Waals surface area contributed by atoms with Gasteiger partial charge in [-0.3, -0.25) is 9.59 Å². The number of hydrogen-bond acceptors (Lipinski definition) is 3. The summed E-state index contributed by atoms with van der Waals surface area (Å²) >= 11 is 0. The molecule has 6 heteroatoms. The van der Waals surface area contributed by atoms with Gasteiger partial charge in [0, 0.05) is 16.8 Å². The van der Waals surface area contributed by atoms with E-state index in [1.54, 1.807) is 24.3 Å². The van der Waals surface area contributed by atoms with Crippen molar-refractivity contribution in [3.63, 3.8) is 0 Å². The quantitative estimate of drug-likeness (QED) is 0.679. The Labute approximate surface area is 162 Å². The second-order valence-electron chi connectivity index (χ2n) is 6.20. The van der Waals surface area contributed by atoms with E-state index in [0.717, 1.165) is 5.56 Å². The number of amides is 2. The van der Waals surface area contributed by atoms with Crippen LogP contribution in [0.5, 0.6) is 5.75 Å². The summed E-state index contributed by atoms with van der Waals surface area (Å²) in [4.78, 5) is 24.8. The highest BCUT2D eigenvalue weighted by molar-refractivity contribution is 6.07. The van der Waals surface area contributed by atoms with Crippen LogP contribution in [0.3, 0.4) is 0 Å². The Morgan fingerprint density at radius 3 is 2.11 bits per heavy atom. The van der Waals surface area contributed by atoms with E-state index in [-0.39, 0.29) is 5.91 Å². The van der Waals surface area contributed by atoms with Crippen LogP contribution in [0.25, 0.3) is 0 Å². The lowest BCUT2D eigenvalue weighted by Crippen LogP contribution is -2.15. The molecule has 0 radical (unpaired) electrons. The van der Waals surface area contributed by atoms with Crippen LogP contribution in [0.15, 0.2) is 66.7 Å². The van der Waals surface area contributed by atoms with Gasteiger partial charge in [0.2, 0.25) is 0 Å². The Morgan fingerprint density at radius 1 is 0.857 bits per heavy atom. The van der Waals surface area contributed by atoms with Gasteiger partial charge < -0.3 is 15.4 Å². The zero-order chi connectivity index (χ0) is 20.1. The highest BCUT2D eigenvalue weighted by Gasteiger charge is 2.12. The summed E-state index contributed by atoms with van der Waals surface area (Å²) in [6, 6.07) is 17.3. The number of nitrogens with one attached hydrogen (secondary N) is 2. The number of carbonyl (C=O) groups is 2. The van der Waals surface area contributed by atoms with E-state index in [4.69, 9.17) is 4.74 Å². The molecule has 0 bridgehead atoms. The fraction of sp³-hybridized carbons (Fsp3) is 0.0909. The van der Waals surface area contributed by atoms with Crippen molar-refractivity contribution in [3.05, 3.63) is 89.2 Å². The van der Waals surface area contributed by atoms with E-state index in [1.165, 1.54) is 37.4 Å². The van der Waals surface area contributed by atoms with Gasteiger partial charge in [0.1, 0.15) is 11.6 Å². The Bertz CT molecular complexity index is 1020. The average molecular weight is 378 g/mol. The SMILES string of the molecule is COc1ccc(C)cc1NC(=O)c1ccc(C(=O)Nc2cccc(F)c2)cc1. The number of aryl methyl sites for hydroxylation is 1. The molecule has 3 aromatic carbocycles. The van der Waals surface area contributed by atoms with Gasteiger partial charge in [-0.05, 0) is 67.1 Å². The smallest absolute Gasteiger partial charge is 0.255 e. The standard InChI is InChI=1S/C22H19FN2O3/c1-14-6-11-20(28-2)19(12-14)25-22(27)16-9-7-15(8-10-16)21(26)24-18-5-3-4-17(23)13-18/h3-13H,1-2H3,(H,24,26)(H,25,27). The predicted molar refractivity (Wildman–Crippen MR) is 106 cm³/mol.